The third-order valence-electron chi connectivity index (χ3n) is 9.77. The monoisotopic (exact) mass is 642 g/mol. The summed E-state index contributed by atoms with van der Waals surface area (Å²) in [6.07, 6.45) is 4.27. The first kappa shape index (κ1) is 30.3. The number of rotatable bonds is 7. The third kappa shape index (κ3) is 5.21. The van der Waals surface area contributed by atoms with Crippen molar-refractivity contribution >= 4 is 45.0 Å². The summed E-state index contributed by atoms with van der Waals surface area (Å²) in [7, 11) is 0. The molecule has 3 aliphatic heterocycles. The molecule has 0 bridgehead atoms. The summed E-state index contributed by atoms with van der Waals surface area (Å²) >= 11 is 6.62. The normalized spacial score (nSPS) is 19.4. The van der Waals surface area contributed by atoms with Crippen LogP contribution in [0.15, 0.2) is 60.9 Å². The van der Waals surface area contributed by atoms with Crippen molar-refractivity contribution in [3.05, 3.63) is 83.2 Å². The minimum absolute atomic E-state index is 0.0272. The van der Waals surface area contributed by atoms with E-state index in [1.807, 2.05) is 35.2 Å². The Balaban J connectivity index is 1.33. The van der Waals surface area contributed by atoms with Crippen LogP contribution >= 0.6 is 11.6 Å². The number of hydrogen-bond donors (Lipinski definition) is 0. The van der Waals surface area contributed by atoms with E-state index >= 15 is 4.39 Å². The van der Waals surface area contributed by atoms with Gasteiger partial charge in [0.05, 0.1) is 5.54 Å². The van der Waals surface area contributed by atoms with Gasteiger partial charge in [-0.05, 0) is 61.9 Å². The minimum Gasteiger partial charge on any atom is -0.461 e. The Labute approximate surface area is 271 Å². The molecule has 0 radical (unpaired) electrons. The first-order chi connectivity index (χ1) is 22.3. The number of piperazine rings is 1. The molecule has 7 rings (SSSR count). The van der Waals surface area contributed by atoms with Crippen molar-refractivity contribution < 1.29 is 18.3 Å². The van der Waals surface area contributed by atoms with E-state index in [4.69, 9.17) is 27.9 Å². The zero-order chi connectivity index (χ0) is 32.0. The molecule has 4 aromatic rings. The Kier molecular flexibility index (Phi) is 7.99. The van der Waals surface area contributed by atoms with Crippen LogP contribution in [-0.2, 0) is 4.79 Å². The van der Waals surface area contributed by atoms with Gasteiger partial charge >= 0.3 is 6.01 Å². The Morgan fingerprint density at radius 1 is 1.07 bits per heavy atom. The van der Waals surface area contributed by atoms with E-state index in [0.29, 0.717) is 40.5 Å². The highest BCUT2D eigenvalue weighted by Crippen LogP contribution is 2.41. The number of amides is 1. The fraction of sp³-hybridized carbons (Fsp3) is 0.371. The summed E-state index contributed by atoms with van der Waals surface area (Å²) in [5.41, 5.74) is 1.03. The zero-order valence-corrected chi connectivity index (χ0v) is 26.1. The highest BCUT2D eigenvalue weighted by Gasteiger charge is 2.45. The number of anilines is 1. The van der Waals surface area contributed by atoms with Crippen molar-refractivity contribution in [2.45, 2.75) is 37.3 Å². The van der Waals surface area contributed by atoms with Crippen LogP contribution in [0, 0.1) is 12.4 Å². The average molecular weight is 643 g/mol. The predicted octanol–water partition coefficient (Wildman–Crippen LogP) is 6.67. The predicted molar refractivity (Wildman–Crippen MR) is 175 cm³/mol. The summed E-state index contributed by atoms with van der Waals surface area (Å²) in [5, 5.41) is 2.63. The third-order valence-corrected chi connectivity index (χ3v) is 10.1. The van der Waals surface area contributed by atoms with E-state index in [1.165, 1.54) is 4.90 Å². The Hall–Kier alpha value is -4.33. The van der Waals surface area contributed by atoms with Crippen molar-refractivity contribution in [1.29, 1.82) is 0 Å². The van der Waals surface area contributed by atoms with Crippen LogP contribution in [0.5, 0.6) is 6.01 Å². The van der Waals surface area contributed by atoms with Crippen molar-refractivity contribution in [2.24, 2.45) is 0 Å². The van der Waals surface area contributed by atoms with Gasteiger partial charge in [0, 0.05) is 41.0 Å². The molecule has 3 fully saturated rings. The number of nitrogens with zero attached hydrogens (tertiary/aromatic N) is 6. The summed E-state index contributed by atoms with van der Waals surface area (Å²) in [4.78, 5) is 31.2. The Bertz CT molecular complexity index is 1900. The second kappa shape index (κ2) is 12.1. The second-order valence-corrected chi connectivity index (χ2v) is 12.8. The first-order valence-electron chi connectivity index (χ1n) is 15.6. The van der Waals surface area contributed by atoms with Gasteiger partial charge in [-0.2, -0.15) is 9.97 Å². The van der Waals surface area contributed by atoms with E-state index in [0.717, 1.165) is 49.5 Å². The topological polar surface area (TPSA) is 66.2 Å². The highest BCUT2D eigenvalue weighted by atomic mass is 35.5. The van der Waals surface area contributed by atoms with Crippen LogP contribution in [0.3, 0.4) is 0 Å². The van der Waals surface area contributed by atoms with Crippen molar-refractivity contribution in [1.82, 2.24) is 19.8 Å². The van der Waals surface area contributed by atoms with Crippen molar-refractivity contribution in [3.63, 3.8) is 0 Å². The molecule has 0 saturated carbocycles. The summed E-state index contributed by atoms with van der Waals surface area (Å²) in [6, 6.07) is 14.2. The summed E-state index contributed by atoms with van der Waals surface area (Å²) < 4.78 is 37.0. The summed E-state index contributed by atoms with van der Waals surface area (Å²) in [5.74, 6) is -1.98. The fourth-order valence-corrected chi connectivity index (χ4v) is 7.84. The lowest BCUT2D eigenvalue weighted by atomic mass is 9.95. The van der Waals surface area contributed by atoms with Gasteiger partial charge in [0.2, 0.25) is 6.54 Å². The second-order valence-electron chi connectivity index (χ2n) is 12.3. The van der Waals surface area contributed by atoms with Gasteiger partial charge in [0.1, 0.15) is 24.0 Å². The maximum atomic E-state index is 16.8. The van der Waals surface area contributed by atoms with Crippen LogP contribution in [-0.4, -0.2) is 83.1 Å². The molecule has 3 aliphatic rings. The van der Waals surface area contributed by atoms with Gasteiger partial charge < -0.3 is 19.4 Å². The van der Waals surface area contributed by atoms with Crippen LogP contribution in [0.2, 0.25) is 5.02 Å². The highest BCUT2D eigenvalue weighted by molar-refractivity contribution is 6.36. The molecule has 11 heteroatoms. The molecule has 0 unspecified atom stereocenters. The molecule has 0 N–H and O–H groups in total. The number of aromatic nitrogens is 2. The maximum Gasteiger partial charge on any atom is 0.319 e. The molecule has 46 heavy (non-hydrogen) atoms. The number of ether oxygens (including phenoxy) is 1. The molecule has 4 heterocycles. The lowest BCUT2D eigenvalue weighted by Gasteiger charge is -2.39. The molecule has 8 nitrogen and oxygen atoms in total. The van der Waals surface area contributed by atoms with Crippen molar-refractivity contribution in [3.8, 4) is 17.1 Å². The Morgan fingerprint density at radius 2 is 1.83 bits per heavy atom. The van der Waals surface area contributed by atoms with Crippen LogP contribution in [0.1, 0.15) is 25.7 Å². The van der Waals surface area contributed by atoms with Gasteiger partial charge in [-0.15, -0.1) is 0 Å². The lowest BCUT2D eigenvalue weighted by Crippen LogP contribution is -2.56. The number of carbonyl (C=O) groups is 1. The Morgan fingerprint density at radius 3 is 2.57 bits per heavy atom. The molecular formula is C35H33ClF2N6O2. The molecule has 3 aromatic carbocycles. The van der Waals surface area contributed by atoms with Gasteiger partial charge in [0.25, 0.3) is 5.91 Å². The molecule has 0 spiro atoms. The van der Waals surface area contributed by atoms with Gasteiger partial charge in [-0.3, -0.25) is 9.69 Å². The molecule has 1 aromatic heterocycles. The quantitative estimate of drug-likeness (QED) is 0.166. The first-order valence-corrected chi connectivity index (χ1v) is 16.0. The van der Waals surface area contributed by atoms with Crippen molar-refractivity contribution in [2.75, 3.05) is 50.8 Å². The molecule has 1 amide bonds. The maximum absolute atomic E-state index is 16.8. The number of halogens is 3. The van der Waals surface area contributed by atoms with E-state index in [2.05, 4.69) is 21.3 Å². The van der Waals surface area contributed by atoms with E-state index in [-0.39, 0.29) is 36.7 Å². The van der Waals surface area contributed by atoms with Gasteiger partial charge in [0.15, 0.2) is 11.6 Å². The smallest absolute Gasteiger partial charge is 0.319 e. The molecular weight excluding hydrogens is 610 g/mol. The summed E-state index contributed by atoms with van der Waals surface area (Å²) in [6.45, 7) is 13.7. The number of fused-ring (bicyclic) bond motifs is 3. The van der Waals surface area contributed by atoms with Crippen LogP contribution in [0.25, 0.3) is 37.6 Å². The standard InChI is InChI=1S/C35H33ClF2N6O2/c1-22(37)33(45)44-18-17-42(20-24(44)19-39-2)32-27-12-11-26(25-9-3-7-23-8-4-10-28(36)29(23)25)30(38)31(27)40-34(41-32)46-21-35-13-5-15-43(35)16-6-14-35/h3-4,7-12,24H,1,5-6,13-21H2/t24-/m0/s1. The molecule has 0 aliphatic carbocycles. The van der Waals surface area contributed by atoms with Gasteiger partial charge in [-0.25, -0.2) is 15.4 Å². The minimum atomic E-state index is -1.07. The molecule has 1 atom stereocenters. The van der Waals surface area contributed by atoms with Crippen LogP contribution < -0.4 is 9.64 Å². The lowest BCUT2D eigenvalue weighted by molar-refractivity contribution is -0.131. The van der Waals surface area contributed by atoms with Gasteiger partial charge in [-0.1, -0.05) is 54.6 Å². The number of benzene rings is 3. The molecule has 3 saturated heterocycles. The van der Waals surface area contributed by atoms with E-state index in [1.54, 1.807) is 18.2 Å². The number of carbonyl (C=O) groups excluding carboxylic acids is 1. The van der Waals surface area contributed by atoms with E-state index < -0.39 is 23.6 Å². The SMILES string of the molecule is [C-]#[N+]C[C@H]1CN(c2nc(OCC34CCCN3CCC4)nc3c(F)c(-c4cccc5cccc(Cl)c45)ccc23)CCN1C(=O)C(=C)F. The molecule has 236 valence electrons. The largest absolute Gasteiger partial charge is 0.461 e. The fourth-order valence-electron chi connectivity index (χ4n) is 7.55. The average Bonchev–Trinajstić information content (AvgIpc) is 3.64. The van der Waals surface area contributed by atoms with E-state index in [9.17, 15) is 9.18 Å². The number of hydrogen-bond acceptors (Lipinski definition) is 6. The van der Waals surface area contributed by atoms with Crippen LogP contribution in [0.4, 0.5) is 14.6 Å². The zero-order valence-electron chi connectivity index (χ0n) is 25.3.